The van der Waals surface area contributed by atoms with Crippen LogP contribution < -0.4 is 10.6 Å². The molecule has 3 rings (SSSR count). The first-order valence-electron chi connectivity index (χ1n) is 8.68. The number of aromatic nitrogens is 1. The van der Waals surface area contributed by atoms with Crippen LogP contribution in [0.2, 0.25) is 0 Å². The maximum atomic E-state index is 12.2. The van der Waals surface area contributed by atoms with Crippen LogP contribution >= 0.6 is 0 Å². The number of fused-ring (bicyclic) bond motifs is 1. The number of pyridine rings is 1. The Balaban J connectivity index is 2.02. The second-order valence-corrected chi connectivity index (χ2v) is 7.82. The molecule has 1 aliphatic heterocycles. The molecular formula is C18H24N4O3S. The Morgan fingerprint density at radius 2 is 2.00 bits per heavy atom. The minimum atomic E-state index is -2.76. The number of carbonyl (C=O) groups is 1. The number of thiol groups is 1. The van der Waals surface area contributed by atoms with Gasteiger partial charge in [0.15, 0.2) is 10.7 Å². The van der Waals surface area contributed by atoms with Crippen LogP contribution in [0.15, 0.2) is 30.5 Å². The van der Waals surface area contributed by atoms with E-state index in [4.69, 9.17) is 5.73 Å². The van der Waals surface area contributed by atoms with Crippen molar-refractivity contribution in [1.29, 1.82) is 0 Å². The van der Waals surface area contributed by atoms with E-state index in [-0.39, 0.29) is 18.5 Å². The molecule has 1 saturated heterocycles. The molecule has 0 spiro atoms. The highest BCUT2D eigenvalue weighted by atomic mass is 32.2. The third-order valence-electron chi connectivity index (χ3n) is 4.96. The molecule has 2 N–H and O–H groups in total. The van der Waals surface area contributed by atoms with Gasteiger partial charge in [0.1, 0.15) is 11.2 Å². The zero-order valence-corrected chi connectivity index (χ0v) is 15.9. The minimum absolute atomic E-state index is 0.0796. The van der Waals surface area contributed by atoms with E-state index in [1.54, 1.807) is 0 Å². The van der Waals surface area contributed by atoms with Crippen LogP contribution in [0.1, 0.15) is 18.9 Å². The maximum Gasteiger partial charge on any atom is 0.237 e. The Hall–Kier alpha value is -2.19. The van der Waals surface area contributed by atoms with E-state index >= 15 is 0 Å². The fraction of sp³-hybridized carbons (Fsp3) is 0.444. The van der Waals surface area contributed by atoms with Crippen LogP contribution in [-0.2, 0) is 15.5 Å². The highest BCUT2D eigenvalue weighted by molar-refractivity contribution is 7.73. The molecule has 140 valence electrons. The molecule has 0 aliphatic carbocycles. The Morgan fingerprint density at radius 1 is 1.31 bits per heavy atom. The summed E-state index contributed by atoms with van der Waals surface area (Å²) in [6.07, 6.45) is 2.17. The molecule has 1 unspecified atom stereocenters. The molecule has 1 aliphatic rings. The Bertz CT molecular complexity index is 891. The molecule has 26 heavy (non-hydrogen) atoms. The summed E-state index contributed by atoms with van der Waals surface area (Å²) in [5.41, 5.74) is 6.57. The molecule has 1 aromatic heterocycles. The molecule has 2 atom stereocenters. The van der Waals surface area contributed by atoms with Gasteiger partial charge in [0.2, 0.25) is 5.91 Å². The van der Waals surface area contributed by atoms with Gasteiger partial charge in [-0.25, -0.2) is 13.4 Å². The Morgan fingerprint density at radius 3 is 2.65 bits per heavy atom. The normalized spacial score (nSPS) is 21.2. The predicted octanol–water partition coefficient (Wildman–Crippen LogP) is 0.867. The van der Waals surface area contributed by atoms with Crippen LogP contribution in [0, 0.1) is 6.92 Å². The summed E-state index contributed by atoms with van der Waals surface area (Å²) in [7, 11) is -2.76. The van der Waals surface area contributed by atoms with Crippen molar-refractivity contribution in [3.8, 4) is 0 Å². The van der Waals surface area contributed by atoms with E-state index < -0.39 is 16.1 Å². The second-order valence-electron chi connectivity index (χ2n) is 6.66. The summed E-state index contributed by atoms with van der Waals surface area (Å²) >= 11 is 0. The van der Waals surface area contributed by atoms with Crippen LogP contribution in [0.4, 0.5) is 5.82 Å². The Kier molecular flexibility index (Phi) is 5.43. The van der Waals surface area contributed by atoms with Crippen molar-refractivity contribution in [2.75, 3.05) is 24.5 Å². The zero-order valence-electron chi connectivity index (χ0n) is 15.0. The fourth-order valence-electron chi connectivity index (χ4n) is 3.60. The van der Waals surface area contributed by atoms with E-state index in [1.165, 1.54) is 4.90 Å². The molecule has 1 fully saturated rings. The molecular weight excluding hydrogens is 352 g/mol. The number of benzene rings is 1. The molecule has 0 bridgehead atoms. The molecule has 7 nitrogen and oxygen atoms in total. The van der Waals surface area contributed by atoms with Gasteiger partial charge in [0.25, 0.3) is 0 Å². The first-order valence-corrected chi connectivity index (χ1v) is 9.92. The van der Waals surface area contributed by atoms with E-state index in [9.17, 15) is 13.2 Å². The number of nitrogens with two attached hydrogens (primary N) is 1. The summed E-state index contributed by atoms with van der Waals surface area (Å²) in [5, 5.41) is 1.32. The Labute approximate surface area is 154 Å². The largest absolute Gasteiger partial charge is 0.352 e. The first kappa shape index (κ1) is 18.6. The third kappa shape index (κ3) is 3.39. The number of anilines is 1. The van der Waals surface area contributed by atoms with E-state index in [1.807, 2.05) is 38.2 Å². The average molecular weight is 376 g/mol. The number of amides is 1. The lowest BCUT2D eigenvalue weighted by molar-refractivity contribution is -0.130. The quantitative estimate of drug-likeness (QED) is 0.772. The summed E-state index contributed by atoms with van der Waals surface area (Å²) < 4.78 is 23.4. The van der Waals surface area contributed by atoms with Crippen molar-refractivity contribution in [3.63, 3.8) is 0 Å². The third-order valence-corrected chi connectivity index (χ3v) is 5.99. The van der Waals surface area contributed by atoms with Gasteiger partial charge in [-0.05, 0) is 31.2 Å². The molecule has 2 aromatic rings. The lowest BCUT2D eigenvalue weighted by Crippen LogP contribution is -2.47. The number of hydrogen-bond donors (Lipinski definition) is 2. The molecule has 1 amide bonds. The first-order chi connectivity index (χ1) is 12.4. The topological polar surface area (TPSA) is 96.6 Å². The molecule has 0 saturated carbocycles. The SMILES string of the molecule is Cc1cnc(N2CC[C@H]([SH](=O)=O)N(C(=O)CN)CC2C)c2ccccc12. The second kappa shape index (κ2) is 7.59. The van der Waals surface area contributed by atoms with Crippen LogP contribution in [0.25, 0.3) is 10.8 Å². The van der Waals surface area contributed by atoms with Crippen molar-refractivity contribution >= 4 is 33.2 Å². The molecule has 2 heterocycles. The van der Waals surface area contributed by atoms with Gasteiger partial charge in [-0.15, -0.1) is 0 Å². The number of carbonyl (C=O) groups excluding carboxylic acids is 1. The van der Waals surface area contributed by atoms with Crippen LogP contribution in [-0.4, -0.2) is 55.3 Å². The van der Waals surface area contributed by atoms with Gasteiger partial charge in [-0.2, -0.15) is 0 Å². The van der Waals surface area contributed by atoms with Gasteiger partial charge in [-0.3, -0.25) is 4.79 Å². The van der Waals surface area contributed by atoms with E-state index in [0.717, 1.165) is 22.2 Å². The van der Waals surface area contributed by atoms with Crippen molar-refractivity contribution in [1.82, 2.24) is 9.88 Å². The van der Waals surface area contributed by atoms with Gasteiger partial charge < -0.3 is 15.5 Å². The molecule has 8 heteroatoms. The standard InChI is InChI=1S/C18H24N4O3S/c1-12-10-20-18(15-6-4-3-5-14(12)15)21-8-7-17(26(24)25)22(11-13(21)2)16(23)9-19/h3-6,10,13,17,26H,7-9,11,19H2,1-2H3/t13?,17-/m0/s1. The summed E-state index contributed by atoms with van der Waals surface area (Å²) in [6.45, 7) is 4.60. The van der Waals surface area contributed by atoms with E-state index in [0.29, 0.717) is 19.5 Å². The summed E-state index contributed by atoms with van der Waals surface area (Å²) in [4.78, 5) is 20.3. The number of hydrogen-bond acceptors (Lipinski definition) is 6. The fourth-order valence-corrected chi connectivity index (χ4v) is 4.38. The van der Waals surface area contributed by atoms with Gasteiger partial charge in [-0.1, -0.05) is 24.3 Å². The highest BCUT2D eigenvalue weighted by Gasteiger charge is 2.33. The number of nitrogens with zero attached hydrogens (tertiary/aromatic N) is 3. The smallest absolute Gasteiger partial charge is 0.237 e. The van der Waals surface area contributed by atoms with Gasteiger partial charge >= 0.3 is 0 Å². The van der Waals surface area contributed by atoms with Crippen molar-refractivity contribution < 1.29 is 13.2 Å². The van der Waals surface area contributed by atoms with Crippen LogP contribution in [0.3, 0.4) is 0 Å². The maximum absolute atomic E-state index is 12.2. The number of aryl methyl sites for hydroxylation is 1. The average Bonchev–Trinajstić information content (AvgIpc) is 2.81. The van der Waals surface area contributed by atoms with Crippen molar-refractivity contribution in [2.45, 2.75) is 31.7 Å². The minimum Gasteiger partial charge on any atom is -0.352 e. The summed E-state index contributed by atoms with van der Waals surface area (Å²) in [5.74, 6) is 0.477. The van der Waals surface area contributed by atoms with Crippen molar-refractivity contribution in [3.05, 3.63) is 36.0 Å². The van der Waals surface area contributed by atoms with E-state index in [2.05, 4.69) is 16.0 Å². The predicted molar refractivity (Wildman–Crippen MR) is 103 cm³/mol. The lowest BCUT2D eigenvalue weighted by Gasteiger charge is -2.31. The number of rotatable bonds is 3. The zero-order chi connectivity index (χ0) is 18.8. The van der Waals surface area contributed by atoms with Crippen molar-refractivity contribution in [2.24, 2.45) is 5.73 Å². The highest BCUT2D eigenvalue weighted by Crippen LogP contribution is 2.30. The monoisotopic (exact) mass is 376 g/mol. The van der Waals surface area contributed by atoms with Gasteiger partial charge in [0.05, 0.1) is 6.54 Å². The van der Waals surface area contributed by atoms with Gasteiger partial charge in [0, 0.05) is 30.7 Å². The summed E-state index contributed by atoms with van der Waals surface area (Å²) in [6, 6.07) is 7.96. The lowest BCUT2D eigenvalue weighted by atomic mass is 10.1. The molecule has 1 aromatic carbocycles. The van der Waals surface area contributed by atoms with Crippen LogP contribution in [0.5, 0.6) is 0 Å². The molecule has 0 radical (unpaired) electrons.